The number of nitrogens with one attached hydrogen (secondary N) is 2. The van der Waals surface area contributed by atoms with Gasteiger partial charge in [0.25, 0.3) is 5.91 Å². The third-order valence-corrected chi connectivity index (χ3v) is 4.09. The fourth-order valence-electron chi connectivity index (χ4n) is 2.43. The van der Waals surface area contributed by atoms with Crippen molar-refractivity contribution in [2.45, 2.75) is 13.5 Å². The standard InChI is InChI=1S/C19H19ClN4O3/c1-3-26-14-7-4-12(5-8-14)18-23-17(27-24-18)11-22-13-6-9-15(16(20)10-13)19(25)21-2/h4-10,22H,3,11H2,1-2H3,(H,21,25). The zero-order chi connectivity index (χ0) is 19.2. The van der Waals surface area contributed by atoms with Crippen molar-refractivity contribution in [3.8, 4) is 17.1 Å². The Morgan fingerprint density at radius 3 is 2.67 bits per heavy atom. The maximum Gasteiger partial charge on any atom is 0.252 e. The topological polar surface area (TPSA) is 89.3 Å². The molecule has 2 N–H and O–H groups in total. The number of anilines is 1. The quantitative estimate of drug-likeness (QED) is 0.642. The van der Waals surface area contributed by atoms with Crippen LogP contribution in [-0.2, 0) is 6.54 Å². The van der Waals surface area contributed by atoms with Crippen molar-refractivity contribution < 1.29 is 14.1 Å². The van der Waals surface area contributed by atoms with Crippen LogP contribution in [0.4, 0.5) is 5.69 Å². The number of halogens is 1. The van der Waals surface area contributed by atoms with Crippen molar-refractivity contribution in [3.63, 3.8) is 0 Å². The fraction of sp³-hybridized carbons (Fsp3) is 0.211. The summed E-state index contributed by atoms with van der Waals surface area (Å²) in [6, 6.07) is 12.6. The minimum atomic E-state index is -0.233. The number of aromatic nitrogens is 2. The molecule has 0 radical (unpaired) electrons. The van der Waals surface area contributed by atoms with Gasteiger partial charge in [0.15, 0.2) is 0 Å². The summed E-state index contributed by atoms with van der Waals surface area (Å²) in [5, 5.41) is 10.0. The van der Waals surface area contributed by atoms with Crippen molar-refractivity contribution in [1.82, 2.24) is 15.5 Å². The number of nitrogens with zero attached hydrogens (tertiary/aromatic N) is 2. The third kappa shape index (κ3) is 4.57. The van der Waals surface area contributed by atoms with Crippen LogP contribution in [0.5, 0.6) is 5.75 Å². The van der Waals surface area contributed by atoms with Crippen LogP contribution >= 0.6 is 11.6 Å². The Morgan fingerprint density at radius 1 is 1.22 bits per heavy atom. The van der Waals surface area contributed by atoms with Gasteiger partial charge in [-0.3, -0.25) is 4.79 Å². The number of ether oxygens (including phenoxy) is 1. The van der Waals surface area contributed by atoms with Crippen molar-refractivity contribution in [1.29, 1.82) is 0 Å². The molecule has 1 heterocycles. The second-order valence-corrected chi connectivity index (χ2v) is 6.00. The molecule has 3 rings (SSSR count). The fourth-order valence-corrected chi connectivity index (χ4v) is 2.70. The predicted octanol–water partition coefficient (Wildman–Crippen LogP) is 3.76. The molecule has 0 fully saturated rings. The van der Waals surface area contributed by atoms with E-state index in [1.165, 1.54) is 0 Å². The van der Waals surface area contributed by atoms with Gasteiger partial charge in [-0.25, -0.2) is 0 Å². The van der Waals surface area contributed by atoms with Crippen molar-refractivity contribution in [2.75, 3.05) is 19.0 Å². The lowest BCUT2D eigenvalue weighted by molar-refractivity contribution is 0.0963. The molecule has 3 aromatic rings. The van der Waals surface area contributed by atoms with E-state index in [1.807, 2.05) is 31.2 Å². The van der Waals surface area contributed by atoms with Gasteiger partial charge in [0, 0.05) is 18.3 Å². The molecule has 8 heteroatoms. The first kappa shape index (κ1) is 18.7. The number of hydrogen-bond donors (Lipinski definition) is 2. The Balaban J connectivity index is 1.64. The van der Waals surface area contributed by atoms with Gasteiger partial charge in [-0.15, -0.1) is 0 Å². The molecule has 140 valence electrons. The summed E-state index contributed by atoms with van der Waals surface area (Å²) < 4.78 is 10.7. The smallest absolute Gasteiger partial charge is 0.252 e. The Labute approximate surface area is 161 Å². The van der Waals surface area contributed by atoms with Crippen molar-refractivity contribution in [3.05, 3.63) is 58.9 Å². The van der Waals surface area contributed by atoms with Crippen LogP contribution in [0.2, 0.25) is 5.02 Å². The minimum absolute atomic E-state index is 0.233. The molecule has 0 aliphatic heterocycles. The summed E-state index contributed by atoms with van der Waals surface area (Å²) in [7, 11) is 1.56. The number of rotatable bonds is 7. The second kappa shape index (κ2) is 8.55. The molecule has 1 amide bonds. The molecular formula is C19H19ClN4O3. The number of hydrogen-bond acceptors (Lipinski definition) is 6. The van der Waals surface area contributed by atoms with Crippen LogP contribution in [0.3, 0.4) is 0 Å². The van der Waals surface area contributed by atoms with Gasteiger partial charge < -0.3 is 19.9 Å². The van der Waals surface area contributed by atoms with Crippen LogP contribution in [0.1, 0.15) is 23.2 Å². The summed E-state index contributed by atoms with van der Waals surface area (Å²) in [5.41, 5.74) is 2.00. The molecule has 27 heavy (non-hydrogen) atoms. The first-order valence-corrected chi connectivity index (χ1v) is 8.80. The van der Waals surface area contributed by atoms with E-state index in [-0.39, 0.29) is 5.91 Å². The van der Waals surface area contributed by atoms with Crippen LogP contribution in [0.15, 0.2) is 47.0 Å². The molecule has 2 aromatic carbocycles. The molecule has 0 aliphatic rings. The Morgan fingerprint density at radius 2 is 2.00 bits per heavy atom. The highest BCUT2D eigenvalue weighted by molar-refractivity contribution is 6.34. The summed E-state index contributed by atoms with van der Waals surface area (Å²) in [6.45, 7) is 2.89. The van der Waals surface area contributed by atoms with Gasteiger partial charge in [-0.1, -0.05) is 16.8 Å². The number of carbonyl (C=O) groups excluding carboxylic acids is 1. The van der Waals surface area contributed by atoms with E-state index < -0.39 is 0 Å². The lowest BCUT2D eigenvalue weighted by Crippen LogP contribution is -2.18. The summed E-state index contributed by atoms with van der Waals surface area (Å²) in [5.74, 6) is 1.50. The van der Waals surface area contributed by atoms with Gasteiger partial charge >= 0.3 is 0 Å². The molecule has 1 aromatic heterocycles. The maximum absolute atomic E-state index is 11.7. The zero-order valence-corrected chi connectivity index (χ0v) is 15.7. The first-order valence-electron chi connectivity index (χ1n) is 8.42. The molecule has 0 unspecified atom stereocenters. The average molecular weight is 387 g/mol. The van der Waals surface area contributed by atoms with Gasteiger partial charge in [-0.2, -0.15) is 4.98 Å². The second-order valence-electron chi connectivity index (χ2n) is 5.60. The van der Waals surface area contributed by atoms with E-state index in [4.69, 9.17) is 20.9 Å². The largest absolute Gasteiger partial charge is 0.494 e. The maximum atomic E-state index is 11.7. The molecular weight excluding hydrogens is 368 g/mol. The summed E-state index contributed by atoms with van der Waals surface area (Å²) in [4.78, 5) is 16.0. The predicted molar refractivity (Wildman–Crippen MR) is 103 cm³/mol. The van der Waals surface area contributed by atoms with E-state index in [2.05, 4.69) is 20.8 Å². The van der Waals surface area contributed by atoms with E-state index in [1.54, 1.807) is 25.2 Å². The zero-order valence-electron chi connectivity index (χ0n) is 15.0. The highest BCUT2D eigenvalue weighted by atomic mass is 35.5. The molecule has 0 saturated heterocycles. The minimum Gasteiger partial charge on any atom is -0.494 e. The van der Waals surface area contributed by atoms with Crippen molar-refractivity contribution in [2.24, 2.45) is 0 Å². The Bertz CT molecular complexity index is 925. The Hall–Kier alpha value is -3.06. The SMILES string of the molecule is CCOc1ccc(-c2noc(CNc3ccc(C(=O)NC)c(Cl)c3)n2)cc1. The van der Waals surface area contributed by atoms with Crippen LogP contribution in [-0.4, -0.2) is 29.7 Å². The van der Waals surface area contributed by atoms with Gasteiger partial charge in [-0.05, 0) is 49.4 Å². The number of amides is 1. The summed E-state index contributed by atoms with van der Waals surface area (Å²) in [6.07, 6.45) is 0. The number of carbonyl (C=O) groups is 1. The molecule has 0 aliphatic carbocycles. The van der Waals surface area contributed by atoms with Gasteiger partial charge in [0.05, 0.1) is 23.7 Å². The Kier molecular flexibility index (Phi) is 5.93. The van der Waals surface area contributed by atoms with Gasteiger partial charge in [0.2, 0.25) is 11.7 Å². The monoisotopic (exact) mass is 386 g/mol. The molecule has 0 spiro atoms. The highest BCUT2D eigenvalue weighted by Crippen LogP contribution is 2.22. The van der Waals surface area contributed by atoms with Crippen LogP contribution < -0.4 is 15.4 Å². The lowest BCUT2D eigenvalue weighted by Gasteiger charge is -2.07. The average Bonchev–Trinajstić information content (AvgIpc) is 3.16. The van der Waals surface area contributed by atoms with Gasteiger partial charge in [0.1, 0.15) is 5.75 Å². The van der Waals surface area contributed by atoms with Crippen LogP contribution in [0.25, 0.3) is 11.4 Å². The lowest BCUT2D eigenvalue weighted by atomic mass is 10.2. The van der Waals surface area contributed by atoms with E-state index in [0.29, 0.717) is 35.5 Å². The van der Waals surface area contributed by atoms with Crippen LogP contribution in [0, 0.1) is 0 Å². The summed E-state index contributed by atoms with van der Waals surface area (Å²) >= 11 is 6.14. The molecule has 7 nitrogen and oxygen atoms in total. The highest BCUT2D eigenvalue weighted by Gasteiger charge is 2.11. The first-order chi connectivity index (χ1) is 13.1. The van der Waals surface area contributed by atoms with E-state index in [0.717, 1.165) is 17.0 Å². The van der Waals surface area contributed by atoms with Crippen molar-refractivity contribution >= 4 is 23.2 Å². The normalized spacial score (nSPS) is 10.5. The number of benzene rings is 2. The van der Waals surface area contributed by atoms with E-state index in [9.17, 15) is 4.79 Å². The molecule has 0 atom stereocenters. The van der Waals surface area contributed by atoms with E-state index >= 15 is 0 Å². The third-order valence-electron chi connectivity index (χ3n) is 3.78. The molecule has 0 saturated carbocycles. The molecule has 0 bridgehead atoms.